The molecule has 2 bridgehead atoms. The van der Waals surface area contributed by atoms with E-state index in [1.54, 1.807) is 41.5 Å². The molecule has 1 aromatic rings. The SMILES string of the molecule is CCCC(C)SCC(=O)NC(CCC(=O)NCCCNC(=O)CNC(=O)[C@@H]1Cc2ccc(cc2)OCCC[C@H](C(=O)NO)[C@@H](CC(C)C)C(=O)N1)CNC(=O)CSC(C)OCC. The number of hydrogen-bond donors (Lipinski definition) is 8. The van der Waals surface area contributed by atoms with Gasteiger partial charge in [-0.2, -0.15) is 0 Å². The lowest BCUT2D eigenvalue weighted by atomic mass is 9.81. The van der Waals surface area contributed by atoms with Gasteiger partial charge in [-0.05, 0) is 76.0 Å². The molecular formula is C43H71N7O10S2. The van der Waals surface area contributed by atoms with E-state index in [0.29, 0.717) is 49.9 Å². The fourth-order valence-electron chi connectivity index (χ4n) is 6.76. The highest BCUT2D eigenvalue weighted by molar-refractivity contribution is 8.00. The average Bonchev–Trinajstić information content (AvgIpc) is 3.24. The fourth-order valence-corrected chi connectivity index (χ4v) is 8.40. The molecule has 3 unspecified atom stereocenters. The summed E-state index contributed by atoms with van der Waals surface area (Å²) >= 11 is 2.94. The van der Waals surface area contributed by atoms with E-state index in [2.05, 4.69) is 45.7 Å². The van der Waals surface area contributed by atoms with Crippen molar-refractivity contribution in [3.63, 3.8) is 0 Å². The van der Waals surface area contributed by atoms with Gasteiger partial charge in [0.05, 0.1) is 30.6 Å². The van der Waals surface area contributed by atoms with Crippen LogP contribution in [-0.2, 0) is 44.7 Å². The summed E-state index contributed by atoms with van der Waals surface area (Å²) in [6.45, 7) is 12.9. The van der Waals surface area contributed by atoms with Crippen LogP contribution in [0.25, 0.3) is 0 Å². The van der Waals surface area contributed by atoms with Crippen molar-refractivity contribution < 1.29 is 48.2 Å². The maximum Gasteiger partial charge on any atom is 0.247 e. The number of nitrogens with one attached hydrogen (secondary N) is 7. The molecule has 0 saturated carbocycles. The first-order valence-corrected chi connectivity index (χ1v) is 23.9. The molecule has 0 aromatic heterocycles. The highest BCUT2D eigenvalue weighted by atomic mass is 32.2. The Morgan fingerprint density at radius 1 is 0.871 bits per heavy atom. The molecule has 17 nitrogen and oxygen atoms in total. The summed E-state index contributed by atoms with van der Waals surface area (Å²) in [4.78, 5) is 90.7. The molecule has 0 spiro atoms. The van der Waals surface area contributed by atoms with Crippen LogP contribution in [0.1, 0.15) is 98.5 Å². The normalized spacial score (nSPS) is 18.2. The minimum absolute atomic E-state index is 0.0290. The van der Waals surface area contributed by atoms with Crippen LogP contribution in [0.5, 0.6) is 5.75 Å². The predicted octanol–water partition coefficient (Wildman–Crippen LogP) is 2.83. The summed E-state index contributed by atoms with van der Waals surface area (Å²) < 4.78 is 11.3. The van der Waals surface area contributed by atoms with Crippen LogP contribution in [0.2, 0.25) is 0 Å². The Kier molecular flexibility index (Phi) is 26.9. The highest BCUT2D eigenvalue weighted by Gasteiger charge is 2.36. The van der Waals surface area contributed by atoms with E-state index < -0.39 is 47.5 Å². The van der Waals surface area contributed by atoms with Gasteiger partial charge >= 0.3 is 0 Å². The van der Waals surface area contributed by atoms with Crippen molar-refractivity contribution in [3.8, 4) is 5.75 Å². The number of fused-ring (bicyclic) bond motifs is 11. The van der Waals surface area contributed by atoms with Crippen LogP contribution in [0.3, 0.4) is 0 Å². The Morgan fingerprint density at radius 2 is 1.56 bits per heavy atom. The zero-order chi connectivity index (χ0) is 45.9. The molecule has 0 aliphatic carbocycles. The summed E-state index contributed by atoms with van der Waals surface area (Å²) in [6, 6.07) is 5.60. The maximum atomic E-state index is 13.8. The second-order valence-electron chi connectivity index (χ2n) is 15.8. The maximum absolute atomic E-state index is 13.8. The Bertz CT molecular complexity index is 1550. The molecule has 1 aromatic carbocycles. The van der Waals surface area contributed by atoms with E-state index in [1.807, 2.05) is 27.7 Å². The molecule has 8 N–H and O–H groups in total. The Morgan fingerprint density at radius 3 is 2.23 bits per heavy atom. The van der Waals surface area contributed by atoms with Gasteiger partial charge < -0.3 is 41.4 Å². The first-order valence-electron chi connectivity index (χ1n) is 21.8. The van der Waals surface area contributed by atoms with E-state index in [4.69, 9.17) is 9.47 Å². The van der Waals surface area contributed by atoms with Gasteiger partial charge in [0.2, 0.25) is 41.4 Å². The van der Waals surface area contributed by atoms with Crippen molar-refractivity contribution in [1.29, 1.82) is 0 Å². The van der Waals surface area contributed by atoms with Gasteiger partial charge in [0.1, 0.15) is 17.2 Å². The topological polar surface area (TPSA) is 242 Å². The summed E-state index contributed by atoms with van der Waals surface area (Å²) in [5.41, 5.74) is 2.30. The van der Waals surface area contributed by atoms with Crippen molar-refractivity contribution in [3.05, 3.63) is 29.8 Å². The molecule has 0 saturated heterocycles. The molecule has 2 aliphatic heterocycles. The molecule has 350 valence electrons. The van der Waals surface area contributed by atoms with Gasteiger partial charge in [-0.3, -0.25) is 38.8 Å². The molecule has 6 atom stereocenters. The third kappa shape index (κ3) is 22.9. The minimum atomic E-state index is -1.07. The van der Waals surface area contributed by atoms with Crippen LogP contribution in [0.15, 0.2) is 24.3 Å². The first-order chi connectivity index (χ1) is 29.6. The second kappa shape index (κ2) is 30.9. The molecule has 2 heterocycles. The highest BCUT2D eigenvalue weighted by Crippen LogP contribution is 2.27. The monoisotopic (exact) mass is 909 g/mol. The van der Waals surface area contributed by atoms with Gasteiger partial charge in [-0.15, -0.1) is 23.5 Å². The number of thioether (sulfide) groups is 2. The van der Waals surface area contributed by atoms with Crippen LogP contribution >= 0.6 is 23.5 Å². The number of hydrogen-bond acceptors (Lipinski definition) is 12. The van der Waals surface area contributed by atoms with Crippen LogP contribution in [0.4, 0.5) is 0 Å². The Labute approximate surface area is 375 Å². The lowest BCUT2D eigenvalue weighted by Crippen LogP contribution is -2.53. The summed E-state index contributed by atoms with van der Waals surface area (Å²) in [5.74, 6) is -3.42. The van der Waals surface area contributed by atoms with Crippen molar-refractivity contribution >= 4 is 64.9 Å². The molecule has 62 heavy (non-hydrogen) atoms. The quantitative estimate of drug-likeness (QED) is 0.0290. The lowest BCUT2D eigenvalue weighted by Gasteiger charge is -2.28. The zero-order valence-electron chi connectivity index (χ0n) is 37.3. The van der Waals surface area contributed by atoms with Gasteiger partial charge in [-0.1, -0.05) is 46.2 Å². The zero-order valence-corrected chi connectivity index (χ0v) is 38.9. The number of carbonyl (C=O) groups is 7. The molecule has 0 fully saturated rings. The minimum Gasteiger partial charge on any atom is -0.494 e. The number of ether oxygens (including phenoxy) is 2. The van der Waals surface area contributed by atoms with Crippen molar-refractivity contribution in [2.45, 2.75) is 122 Å². The van der Waals surface area contributed by atoms with E-state index in [0.717, 1.165) is 18.4 Å². The number of carbonyl (C=O) groups excluding carboxylic acids is 7. The van der Waals surface area contributed by atoms with Gasteiger partial charge in [0.25, 0.3) is 0 Å². The average molecular weight is 910 g/mol. The fraction of sp³-hybridized carbons (Fsp3) is 0.698. The Hall–Kier alpha value is -4.07. The largest absolute Gasteiger partial charge is 0.494 e. The standard InChI is InChI=1S/C43H71N7O10S2/c1-7-11-29(5)61-27-40(54)48-32(24-46-39(53)26-62-30(6)59-8-2)15-18-37(51)44-19-10-20-45-38(52)25-47-43(57)36-23-31-13-16-33(17-14-31)60-21-9-12-34(42(56)50-58)35(22-28(3)4)41(55)49-36/h13-14,16-17,28-30,32,34-36,58H,7-12,15,18-27H2,1-6H3,(H,44,51)(H,45,52)(H,46,53)(H,47,57)(H,48,54)(H,49,55)(H,50,56)/t29?,30?,32?,34-,35+,36-/m0/s1. The number of benzene rings is 1. The molecule has 3 rings (SSSR count). The van der Waals surface area contributed by atoms with Crippen LogP contribution < -0.4 is 42.1 Å². The van der Waals surface area contributed by atoms with Crippen molar-refractivity contribution in [2.75, 3.05) is 50.9 Å². The van der Waals surface area contributed by atoms with E-state index in [1.165, 1.54) is 11.8 Å². The van der Waals surface area contributed by atoms with Gasteiger partial charge in [-0.25, -0.2) is 5.48 Å². The summed E-state index contributed by atoms with van der Waals surface area (Å²) in [7, 11) is 0. The van der Waals surface area contributed by atoms with Crippen LogP contribution in [0, 0.1) is 17.8 Å². The second-order valence-corrected chi connectivity index (χ2v) is 18.6. The first kappa shape index (κ1) is 54.1. The molecular weight excluding hydrogens is 839 g/mol. The summed E-state index contributed by atoms with van der Waals surface area (Å²) in [6.07, 6.45) is 4.01. The predicted molar refractivity (Wildman–Crippen MR) is 241 cm³/mol. The van der Waals surface area contributed by atoms with E-state index >= 15 is 0 Å². The van der Waals surface area contributed by atoms with E-state index in [-0.39, 0.29) is 86.0 Å². The number of hydroxylamine groups is 1. The van der Waals surface area contributed by atoms with Gasteiger partial charge in [0.15, 0.2) is 0 Å². The lowest BCUT2D eigenvalue weighted by molar-refractivity contribution is -0.142. The smallest absolute Gasteiger partial charge is 0.247 e. The Balaban J connectivity index is 1.90. The third-order valence-corrected chi connectivity index (χ3v) is 12.3. The summed E-state index contributed by atoms with van der Waals surface area (Å²) in [5, 5.41) is 26.6. The molecule has 2 aliphatic rings. The van der Waals surface area contributed by atoms with Crippen LogP contribution in [-0.4, -0.2) is 120 Å². The van der Waals surface area contributed by atoms with Gasteiger partial charge in [0, 0.05) is 56.3 Å². The number of rotatable bonds is 26. The third-order valence-electron chi connectivity index (χ3n) is 10.0. The van der Waals surface area contributed by atoms with E-state index in [9.17, 15) is 38.8 Å². The van der Waals surface area contributed by atoms with Crippen molar-refractivity contribution in [2.24, 2.45) is 17.8 Å². The molecule has 19 heteroatoms. The molecule has 7 amide bonds. The molecule has 0 radical (unpaired) electrons. The number of amides is 7. The van der Waals surface area contributed by atoms with Crippen molar-refractivity contribution in [1.82, 2.24) is 37.4 Å².